The Morgan fingerprint density at radius 3 is 2.92 bits per heavy atom. The summed E-state index contributed by atoms with van der Waals surface area (Å²) >= 11 is 6.67. The van der Waals surface area contributed by atoms with Gasteiger partial charge in [0.15, 0.2) is 11.6 Å². The van der Waals surface area contributed by atoms with Gasteiger partial charge in [-0.3, -0.25) is 15.2 Å². The number of nitrogens with one attached hydrogen (secondary N) is 1. The minimum absolute atomic E-state index is 0.0244. The molecule has 6 heterocycles. The van der Waals surface area contributed by atoms with E-state index in [2.05, 4.69) is 25.2 Å². The number of hydrogen-bond donors (Lipinski definition) is 1. The highest BCUT2D eigenvalue weighted by atomic mass is 35.5. The van der Waals surface area contributed by atoms with E-state index >= 15 is 0 Å². The molecule has 1 unspecified atom stereocenters. The normalized spacial score (nSPS) is 21.4. The van der Waals surface area contributed by atoms with Crippen LogP contribution in [0.5, 0.6) is 5.88 Å². The zero-order valence-corrected chi connectivity index (χ0v) is 22.1. The number of ether oxygens (including phenoxy) is 3. The number of rotatable bonds is 5. The highest BCUT2D eigenvalue weighted by Gasteiger charge is 2.41. The Balaban J connectivity index is 1.23. The van der Waals surface area contributed by atoms with Gasteiger partial charge in [0.25, 0.3) is 0 Å². The molecule has 2 fully saturated rings. The number of carbonyl (C=O) groups is 1. The lowest BCUT2D eigenvalue weighted by molar-refractivity contribution is -0.141. The smallest absolute Gasteiger partial charge is 0.329 e. The van der Waals surface area contributed by atoms with E-state index in [1.165, 1.54) is 6.33 Å². The Hall–Kier alpha value is -3.54. The molecule has 2 atom stereocenters. The molecule has 0 aromatic carbocycles. The van der Waals surface area contributed by atoms with Gasteiger partial charge in [-0.25, -0.2) is 19.7 Å². The fourth-order valence-electron chi connectivity index (χ4n) is 5.06. The van der Waals surface area contributed by atoms with Crippen molar-refractivity contribution in [2.24, 2.45) is 0 Å². The van der Waals surface area contributed by atoms with Crippen LogP contribution in [0.15, 0.2) is 36.8 Å². The fourth-order valence-corrected chi connectivity index (χ4v) is 5.32. The Bertz CT molecular complexity index is 1390. The summed E-state index contributed by atoms with van der Waals surface area (Å²) in [5.41, 5.74) is 3.14. The van der Waals surface area contributed by atoms with E-state index in [1.807, 2.05) is 39.0 Å². The maximum absolute atomic E-state index is 13.6. The van der Waals surface area contributed by atoms with E-state index in [1.54, 1.807) is 17.2 Å². The van der Waals surface area contributed by atoms with Crippen LogP contribution >= 0.6 is 11.6 Å². The van der Waals surface area contributed by atoms with E-state index in [0.29, 0.717) is 41.4 Å². The lowest BCUT2D eigenvalue weighted by Crippen LogP contribution is -2.48. The van der Waals surface area contributed by atoms with Crippen LogP contribution in [-0.2, 0) is 9.47 Å². The summed E-state index contributed by atoms with van der Waals surface area (Å²) in [5.74, 6) is 0.588. The summed E-state index contributed by atoms with van der Waals surface area (Å²) in [4.78, 5) is 35.1. The van der Waals surface area contributed by atoms with Crippen LogP contribution in [0, 0.1) is 6.92 Å². The van der Waals surface area contributed by atoms with Crippen molar-refractivity contribution in [3.05, 3.63) is 47.5 Å². The van der Waals surface area contributed by atoms with E-state index in [-0.39, 0.29) is 24.8 Å². The average molecular weight is 538 g/mol. The number of pyridine rings is 2. The molecular formula is C26H28ClN7O4. The molecule has 38 heavy (non-hydrogen) atoms. The Morgan fingerprint density at radius 2 is 2.13 bits per heavy atom. The summed E-state index contributed by atoms with van der Waals surface area (Å²) in [6.07, 6.45) is 3.69. The number of amides is 2. The molecule has 3 aromatic heterocycles. The molecule has 2 saturated heterocycles. The number of urea groups is 1. The zero-order chi connectivity index (χ0) is 26.4. The number of halogens is 1. The van der Waals surface area contributed by atoms with E-state index in [9.17, 15) is 4.79 Å². The molecule has 6 rings (SSSR count). The van der Waals surface area contributed by atoms with Gasteiger partial charge >= 0.3 is 6.03 Å². The third-order valence-electron chi connectivity index (χ3n) is 6.78. The van der Waals surface area contributed by atoms with Crippen LogP contribution in [0.25, 0.3) is 11.3 Å². The number of aryl methyl sites for hydroxylation is 1. The van der Waals surface area contributed by atoms with Gasteiger partial charge in [-0.1, -0.05) is 11.6 Å². The predicted molar refractivity (Wildman–Crippen MR) is 142 cm³/mol. The lowest BCUT2D eigenvalue weighted by atomic mass is 10.1. The standard InChI is InChI=1S/C26H28ClN7O4/c1-15-8-16(4-6-28-15)23-19(27)9-20-24(32-23)34(17-5-7-33(20)11-17)25(35)31-21-10-22(30-14-29-21)36-12-18-13-37-26(2,3)38-18/h4,6,8-10,14,17-18H,5,7,11-13H2,1-3H3,(H,29,30,31,35)/t17?,18-/m1/s1. The van der Waals surface area contributed by atoms with Crippen molar-refractivity contribution in [2.75, 3.05) is 41.4 Å². The zero-order valence-electron chi connectivity index (χ0n) is 21.3. The van der Waals surface area contributed by atoms with Gasteiger partial charge in [-0.2, -0.15) is 0 Å². The molecule has 3 aromatic rings. The average Bonchev–Trinajstić information content (AvgIpc) is 3.46. The molecule has 11 nitrogen and oxygen atoms in total. The first-order valence-electron chi connectivity index (χ1n) is 12.5. The maximum Gasteiger partial charge on any atom is 0.329 e. The van der Waals surface area contributed by atoms with Crippen molar-refractivity contribution in [3.63, 3.8) is 0 Å². The fraction of sp³-hybridized carbons (Fsp3) is 0.423. The molecule has 2 bridgehead atoms. The topological polar surface area (TPSA) is 115 Å². The van der Waals surface area contributed by atoms with Crippen molar-refractivity contribution in [1.82, 2.24) is 19.9 Å². The van der Waals surface area contributed by atoms with Gasteiger partial charge in [-0.05, 0) is 45.4 Å². The molecule has 3 aliphatic heterocycles. The predicted octanol–water partition coefficient (Wildman–Crippen LogP) is 4.06. The van der Waals surface area contributed by atoms with E-state index in [4.69, 9.17) is 30.8 Å². The molecule has 0 saturated carbocycles. The molecule has 2 amide bonds. The first kappa shape index (κ1) is 24.8. The first-order valence-corrected chi connectivity index (χ1v) is 12.9. The monoisotopic (exact) mass is 537 g/mol. The van der Waals surface area contributed by atoms with Gasteiger partial charge in [0, 0.05) is 36.6 Å². The number of hydrogen-bond acceptors (Lipinski definition) is 9. The van der Waals surface area contributed by atoms with Gasteiger partial charge in [0.1, 0.15) is 24.9 Å². The summed E-state index contributed by atoms with van der Waals surface area (Å²) in [7, 11) is 0. The van der Waals surface area contributed by atoms with Crippen molar-refractivity contribution >= 4 is 35.0 Å². The Labute approximate surface area is 225 Å². The summed E-state index contributed by atoms with van der Waals surface area (Å²) in [6.45, 7) is 7.87. The molecule has 1 N–H and O–H groups in total. The highest BCUT2D eigenvalue weighted by Crippen LogP contribution is 2.43. The van der Waals surface area contributed by atoms with Gasteiger partial charge in [0.2, 0.25) is 5.88 Å². The second-order valence-corrected chi connectivity index (χ2v) is 10.4. The van der Waals surface area contributed by atoms with Crippen LogP contribution in [-0.4, -0.2) is 70.2 Å². The Kier molecular flexibility index (Phi) is 6.29. The van der Waals surface area contributed by atoms with Crippen LogP contribution in [0.2, 0.25) is 5.02 Å². The van der Waals surface area contributed by atoms with Crippen LogP contribution in [0.1, 0.15) is 26.0 Å². The summed E-state index contributed by atoms with van der Waals surface area (Å²) in [5, 5.41) is 3.42. The molecule has 3 aliphatic rings. The minimum atomic E-state index is -0.631. The van der Waals surface area contributed by atoms with Crippen molar-refractivity contribution < 1.29 is 19.0 Å². The summed E-state index contributed by atoms with van der Waals surface area (Å²) in [6, 6.07) is 6.91. The number of fused-ring (bicyclic) bond motifs is 4. The van der Waals surface area contributed by atoms with Gasteiger partial charge in [-0.15, -0.1) is 0 Å². The third kappa shape index (κ3) is 4.84. The van der Waals surface area contributed by atoms with E-state index in [0.717, 1.165) is 29.9 Å². The molecular weight excluding hydrogens is 510 g/mol. The molecule has 0 spiro atoms. The largest absolute Gasteiger partial charge is 0.475 e. The van der Waals surface area contributed by atoms with Crippen molar-refractivity contribution in [1.29, 1.82) is 0 Å². The van der Waals surface area contributed by atoms with Crippen LogP contribution < -0.4 is 19.9 Å². The molecule has 198 valence electrons. The number of aromatic nitrogens is 4. The van der Waals surface area contributed by atoms with Crippen molar-refractivity contribution in [2.45, 2.75) is 45.1 Å². The molecule has 12 heteroatoms. The quantitative estimate of drug-likeness (QED) is 0.514. The first-order chi connectivity index (χ1) is 18.3. The molecule has 0 radical (unpaired) electrons. The Morgan fingerprint density at radius 1 is 1.26 bits per heavy atom. The maximum atomic E-state index is 13.6. The second-order valence-electron chi connectivity index (χ2n) is 10.0. The summed E-state index contributed by atoms with van der Waals surface area (Å²) < 4.78 is 17.1. The third-order valence-corrected chi connectivity index (χ3v) is 7.07. The second kappa shape index (κ2) is 9.64. The lowest BCUT2D eigenvalue weighted by Gasteiger charge is -2.36. The van der Waals surface area contributed by atoms with Crippen LogP contribution in [0.3, 0.4) is 0 Å². The van der Waals surface area contributed by atoms with E-state index < -0.39 is 5.79 Å². The van der Waals surface area contributed by atoms with Crippen LogP contribution in [0.4, 0.5) is 22.1 Å². The number of carbonyl (C=O) groups excluding carboxylic acids is 1. The van der Waals surface area contributed by atoms with Gasteiger partial charge < -0.3 is 19.1 Å². The number of anilines is 3. The highest BCUT2D eigenvalue weighted by molar-refractivity contribution is 6.33. The SMILES string of the molecule is Cc1cc(-c2nc3c(cc2Cl)N2CCC(C2)N3C(=O)Nc2cc(OC[C@@H]3COC(C)(C)O3)ncn2)ccn1. The number of nitrogens with zero attached hydrogens (tertiary/aromatic N) is 6. The molecule has 0 aliphatic carbocycles. The van der Waals surface area contributed by atoms with Crippen molar-refractivity contribution in [3.8, 4) is 17.1 Å². The van der Waals surface area contributed by atoms with Gasteiger partial charge in [0.05, 0.1) is 29.1 Å². The minimum Gasteiger partial charge on any atom is -0.475 e.